The second-order valence-electron chi connectivity index (χ2n) is 6.32. The molecule has 0 radical (unpaired) electrons. The zero-order valence-corrected chi connectivity index (χ0v) is 14.0. The number of likely N-dealkylation sites (tertiary alicyclic amines) is 1. The third-order valence-electron chi connectivity index (χ3n) is 4.33. The Labute approximate surface area is 141 Å². The first-order valence-electron chi connectivity index (χ1n) is 8.09. The predicted octanol–water partition coefficient (Wildman–Crippen LogP) is 2.69. The fraction of sp³-hybridized carbons (Fsp3) is 0.316. The van der Waals surface area contributed by atoms with Crippen LogP contribution in [0.4, 0.5) is 5.82 Å². The van der Waals surface area contributed by atoms with Crippen molar-refractivity contribution >= 4 is 17.6 Å². The first-order valence-corrected chi connectivity index (χ1v) is 8.09. The highest BCUT2D eigenvalue weighted by atomic mass is 16.2. The van der Waals surface area contributed by atoms with E-state index < -0.39 is 0 Å². The molecule has 0 aliphatic carbocycles. The Morgan fingerprint density at radius 1 is 1.25 bits per heavy atom. The van der Waals surface area contributed by atoms with Gasteiger partial charge in [-0.2, -0.15) is 0 Å². The Morgan fingerprint density at radius 3 is 2.71 bits per heavy atom. The summed E-state index contributed by atoms with van der Waals surface area (Å²) in [6.45, 7) is 4.92. The number of hydrogen-bond acceptors (Lipinski definition) is 3. The first-order chi connectivity index (χ1) is 11.5. The summed E-state index contributed by atoms with van der Waals surface area (Å²) in [5, 5.41) is 2.84. The summed E-state index contributed by atoms with van der Waals surface area (Å²) >= 11 is 0. The molecule has 2 aromatic rings. The van der Waals surface area contributed by atoms with Gasteiger partial charge in [0, 0.05) is 25.7 Å². The van der Waals surface area contributed by atoms with Gasteiger partial charge in [-0.3, -0.25) is 9.59 Å². The smallest absolute Gasteiger partial charge is 0.230 e. The van der Waals surface area contributed by atoms with Gasteiger partial charge >= 0.3 is 0 Å². The van der Waals surface area contributed by atoms with Crippen molar-refractivity contribution in [2.24, 2.45) is 5.92 Å². The fourth-order valence-electron chi connectivity index (χ4n) is 2.85. The lowest BCUT2D eigenvalue weighted by molar-refractivity contribution is -0.128. The van der Waals surface area contributed by atoms with Crippen molar-refractivity contribution in [3.8, 4) is 0 Å². The molecule has 1 fully saturated rings. The van der Waals surface area contributed by atoms with E-state index in [0.717, 1.165) is 11.1 Å². The minimum Gasteiger partial charge on any atom is -0.338 e. The Balaban J connectivity index is 1.62. The van der Waals surface area contributed by atoms with Gasteiger partial charge in [-0.05, 0) is 31.0 Å². The highest BCUT2D eigenvalue weighted by Gasteiger charge is 2.34. The SMILES string of the molecule is Cc1ccc(CN2C[C@H](C(=O)Nc3ncccc3C)CC2=O)cc1. The zero-order chi connectivity index (χ0) is 17.1. The van der Waals surface area contributed by atoms with Crippen molar-refractivity contribution in [2.45, 2.75) is 26.8 Å². The molecular formula is C19H21N3O2. The van der Waals surface area contributed by atoms with Crippen LogP contribution in [0.15, 0.2) is 42.6 Å². The Hall–Kier alpha value is -2.69. The Morgan fingerprint density at radius 2 is 2.00 bits per heavy atom. The molecule has 2 heterocycles. The van der Waals surface area contributed by atoms with E-state index in [2.05, 4.69) is 10.3 Å². The Bertz CT molecular complexity index is 755. The molecule has 5 heteroatoms. The minimum absolute atomic E-state index is 0.0217. The lowest BCUT2D eigenvalue weighted by Crippen LogP contribution is -2.28. The second kappa shape index (κ2) is 6.83. The van der Waals surface area contributed by atoms with Crippen molar-refractivity contribution in [3.63, 3.8) is 0 Å². The van der Waals surface area contributed by atoms with Crippen molar-refractivity contribution < 1.29 is 9.59 Å². The molecule has 2 amide bonds. The van der Waals surface area contributed by atoms with Gasteiger partial charge in [-0.25, -0.2) is 4.98 Å². The minimum atomic E-state index is -0.329. The summed E-state index contributed by atoms with van der Waals surface area (Å²) in [5.41, 5.74) is 3.18. The van der Waals surface area contributed by atoms with Crippen LogP contribution in [-0.2, 0) is 16.1 Å². The molecule has 1 N–H and O–H groups in total. The van der Waals surface area contributed by atoms with Gasteiger partial charge in [0.1, 0.15) is 5.82 Å². The molecule has 1 aliphatic rings. The molecule has 0 bridgehead atoms. The number of hydrogen-bond donors (Lipinski definition) is 1. The van der Waals surface area contributed by atoms with Crippen LogP contribution < -0.4 is 5.32 Å². The lowest BCUT2D eigenvalue weighted by Gasteiger charge is -2.17. The summed E-state index contributed by atoms with van der Waals surface area (Å²) < 4.78 is 0. The van der Waals surface area contributed by atoms with E-state index >= 15 is 0 Å². The lowest BCUT2D eigenvalue weighted by atomic mass is 10.1. The first kappa shape index (κ1) is 16.2. The fourth-order valence-corrected chi connectivity index (χ4v) is 2.85. The number of anilines is 1. The maximum atomic E-state index is 12.4. The van der Waals surface area contributed by atoms with E-state index in [1.54, 1.807) is 11.1 Å². The average molecular weight is 323 g/mol. The van der Waals surface area contributed by atoms with Crippen LogP contribution in [0.25, 0.3) is 0 Å². The van der Waals surface area contributed by atoms with Crippen molar-refractivity contribution in [3.05, 3.63) is 59.3 Å². The van der Waals surface area contributed by atoms with E-state index in [1.807, 2.05) is 50.2 Å². The topological polar surface area (TPSA) is 62.3 Å². The van der Waals surface area contributed by atoms with Crippen molar-refractivity contribution in [2.75, 3.05) is 11.9 Å². The van der Waals surface area contributed by atoms with Gasteiger partial charge in [0.25, 0.3) is 0 Å². The van der Waals surface area contributed by atoms with Crippen LogP contribution in [-0.4, -0.2) is 28.2 Å². The number of amides is 2. The molecule has 1 aromatic carbocycles. The summed E-state index contributed by atoms with van der Waals surface area (Å²) in [4.78, 5) is 30.6. The molecule has 1 aromatic heterocycles. The third-order valence-corrected chi connectivity index (χ3v) is 4.33. The number of aryl methyl sites for hydroxylation is 2. The normalized spacial score (nSPS) is 17.2. The molecule has 5 nitrogen and oxygen atoms in total. The van der Waals surface area contributed by atoms with Crippen LogP contribution in [0.2, 0.25) is 0 Å². The maximum Gasteiger partial charge on any atom is 0.230 e. The Kier molecular flexibility index (Phi) is 4.60. The van der Waals surface area contributed by atoms with E-state index in [4.69, 9.17) is 0 Å². The maximum absolute atomic E-state index is 12.4. The molecule has 1 aliphatic heterocycles. The largest absolute Gasteiger partial charge is 0.338 e. The number of rotatable bonds is 4. The van der Waals surface area contributed by atoms with Gasteiger partial charge in [-0.15, -0.1) is 0 Å². The van der Waals surface area contributed by atoms with E-state index in [9.17, 15) is 9.59 Å². The number of aromatic nitrogens is 1. The molecule has 0 saturated carbocycles. The molecule has 0 unspecified atom stereocenters. The second-order valence-corrected chi connectivity index (χ2v) is 6.32. The van der Waals surface area contributed by atoms with Crippen LogP contribution in [0.1, 0.15) is 23.1 Å². The standard InChI is InChI=1S/C19H21N3O2/c1-13-5-7-15(8-6-13)11-22-12-16(10-17(22)23)19(24)21-18-14(2)4-3-9-20-18/h3-9,16H,10-12H2,1-2H3,(H,20,21,24)/t16-/m1/s1. The highest BCUT2D eigenvalue weighted by Crippen LogP contribution is 2.22. The van der Waals surface area contributed by atoms with E-state index in [-0.39, 0.29) is 24.2 Å². The van der Waals surface area contributed by atoms with Crippen molar-refractivity contribution in [1.82, 2.24) is 9.88 Å². The monoisotopic (exact) mass is 323 g/mol. The van der Waals surface area contributed by atoms with E-state index in [0.29, 0.717) is 18.9 Å². The molecule has 1 saturated heterocycles. The van der Waals surface area contributed by atoms with Gasteiger partial charge in [0.2, 0.25) is 11.8 Å². The molecule has 0 spiro atoms. The number of carbonyl (C=O) groups excluding carboxylic acids is 2. The van der Waals surface area contributed by atoms with Crippen LogP contribution >= 0.6 is 0 Å². The van der Waals surface area contributed by atoms with Gasteiger partial charge in [0.15, 0.2) is 0 Å². The molecule has 3 rings (SSSR count). The predicted molar refractivity (Wildman–Crippen MR) is 92.3 cm³/mol. The molecule has 24 heavy (non-hydrogen) atoms. The number of nitrogens with one attached hydrogen (secondary N) is 1. The molecular weight excluding hydrogens is 302 g/mol. The van der Waals surface area contributed by atoms with Gasteiger partial charge in [0.05, 0.1) is 5.92 Å². The van der Waals surface area contributed by atoms with Crippen LogP contribution in [0.5, 0.6) is 0 Å². The number of nitrogens with zero attached hydrogens (tertiary/aromatic N) is 2. The highest BCUT2D eigenvalue weighted by molar-refractivity contribution is 5.97. The van der Waals surface area contributed by atoms with Gasteiger partial charge < -0.3 is 10.2 Å². The number of pyridine rings is 1. The molecule has 1 atom stereocenters. The quantitative estimate of drug-likeness (QED) is 0.941. The van der Waals surface area contributed by atoms with Gasteiger partial charge in [-0.1, -0.05) is 35.9 Å². The van der Waals surface area contributed by atoms with Crippen LogP contribution in [0, 0.1) is 19.8 Å². The van der Waals surface area contributed by atoms with Crippen molar-refractivity contribution in [1.29, 1.82) is 0 Å². The molecule has 124 valence electrons. The summed E-state index contributed by atoms with van der Waals surface area (Å²) in [6.07, 6.45) is 1.90. The summed E-state index contributed by atoms with van der Waals surface area (Å²) in [5.74, 6) is 0.112. The number of benzene rings is 1. The summed E-state index contributed by atoms with van der Waals surface area (Å²) in [6, 6.07) is 11.8. The third kappa shape index (κ3) is 3.62. The van der Waals surface area contributed by atoms with E-state index in [1.165, 1.54) is 5.56 Å². The van der Waals surface area contributed by atoms with Crippen LogP contribution in [0.3, 0.4) is 0 Å². The number of carbonyl (C=O) groups is 2. The average Bonchev–Trinajstić information content (AvgIpc) is 2.93. The summed E-state index contributed by atoms with van der Waals surface area (Å²) in [7, 11) is 0. The zero-order valence-electron chi connectivity index (χ0n) is 14.0.